The highest BCUT2D eigenvalue weighted by molar-refractivity contribution is 6.08. The Morgan fingerprint density at radius 2 is 1.81 bits per heavy atom. The number of esters is 1. The summed E-state index contributed by atoms with van der Waals surface area (Å²) in [6.07, 6.45) is 0. The van der Waals surface area contributed by atoms with Gasteiger partial charge in [0.25, 0.3) is 5.91 Å². The van der Waals surface area contributed by atoms with E-state index in [2.05, 4.69) is 10.4 Å². The van der Waals surface area contributed by atoms with Crippen molar-refractivity contribution in [1.82, 2.24) is 9.78 Å². The van der Waals surface area contributed by atoms with Crippen LogP contribution in [0.15, 0.2) is 24.3 Å². The first-order chi connectivity index (χ1) is 9.93. The monoisotopic (exact) mass is 287 g/mol. The summed E-state index contributed by atoms with van der Waals surface area (Å²) in [6, 6.07) is 7.17. The number of nitrogens with zero attached hydrogens (tertiary/aromatic N) is 2. The highest BCUT2D eigenvalue weighted by atomic mass is 16.5. The van der Waals surface area contributed by atoms with Gasteiger partial charge in [-0.3, -0.25) is 9.48 Å². The number of aryl methyl sites for hydroxylation is 3. The van der Waals surface area contributed by atoms with E-state index < -0.39 is 5.97 Å². The fraction of sp³-hybridized carbons (Fsp3) is 0.267. The van der Waals surface area contributed by atoms with Gasteiger partial charge in [-0.25, -0.2) is 4.79 Å². The molecule has 0 spiro atoms. The maximum absolute atomic E-state index is 12.2. The molecule has 1 N–H and O–H groups in total. The topological polar surface area (TPSA) is 73.2 Å². The summed E-state index contributed by atoms with van der Waals surface area (Å²) in [6.45, 7) is 3.67. The average molecular weight is 287 g/mol. The number of ether oxygens (including phenoxy) is 1. The summed E-state index contributed by atoms with van der Waals surface area (Å²) in [5.41, 5.74) is 2.72. The molecule has 0 radical (unpaired) electrons. The number of hydrogen-bond donors (Lipinski definition) is 1. The first-order valence-corrected chi connectivity index (χ1v) is 6.44. The molecular weight excluding hydrogens is 270 g/mol. The molecule has 0 aliphatic carbocycles. The van der Waals surface area contributed by atoms with Gasteiger partial charge in [0, 0.05) is 12.6 Å². The zero-order valence-electron chi connectivity index (χ0n) is 12.4. The Bertz CT molecular complexity index is 687. The molecule has 1 amide bonds. The van der Waals surface area contributed by atoms with Gasteiger partial charge in [-0.2, -0.15) is 5.10 Å². The molecule has 0 fully saturated rings. The van der Waals surface area contributed by atoms with Gasteiger partial charge in [0.1, 0.15) is 0 Å². The van der Waals surface area contributed by atoms with E-state index in [9.17, 15) is 9.59 Å². The van der Waals surface area contributed by atoms with Crippen LogP contribution in [-0.4, -0.2) is 28.8 Å². The fourth-order valence-corrected chi connectivity index (χ4v) is 2.03. The normalized spacial score (nSPS) is 10.3. The van der Waals surface area contributed by atoms with Crippen LogP contribution in [0, 0.1) is 13.8 Å². The van der Waals surface area contributed by atoms with E-state index in [0.717, 1.165) is 5.56 Å². The van der Waals surface area contributed by atoms with Crippen molar-refractivity contribution in [2.24, 2.45) is 7.05 Å². The fourth-order valence-electron chi connectivity index (χ4n) is 2.03. The Morgan fingerprint density at radius 3 is 2.38 bits per heavy atom. The van der Waals surface area contributed by atoms with Crippen molar-refractivity contribution in [3.8, 4) is 0 Å². The highest BCUT2D eigenvalue weighted by Crippen LogP contribution is 2.21. The minimum Gasteiger partial charge on any atom is -0.464 e. The number of nitrogens with one attached hydrogen (secondary N) is 1. The number of anilines is 1. The van der Waals surface area contributed by atoms with Crippen LogP contribution in [0.25, 0.3) is 0 Å². The third kappa shape index (κ3) is 2.94. The summed E-state index contributed by atoms with van der Waals surface area (Å²) < 4.78 is 6.12. The standard InChI is InChI=1S/C15H17N3O3/c1-9-5-7-11(8-6-9)14(19)16-12-10(2)17-18(3)13(12)15(20)21-4/h5-8H,1-4H3,(H,16,19). The molecule has 0 saturated heterocycles. The number of aromatic nitrogens is 2. The van der Waals surface area contributed by atoms with Gasteiger partial charge in [0.05, 0.1) is 18.5 Å². The van der Waals surface area contributed by atoms with Crippen LogP contribution in [-0.2, 0) is 11.8 Å². The molecule has 0 atom stereocenters. The van der Waals surface area contributed by atoms with Crippen molar-refractivity contribution >= 4 is 17.6 Å². The second kappa shape index (κ2) is 5.78. The lowest BCUT2D eigenvalue weighted by Gasteiger charge is -2.07. The van der Waals surface area contributed by atoms with Crippen LogP contribution in [0.4, 0.5) is 5.69 Å². The van der Waals surface area contributed by atoms with Gasteiger partial charge in [0.2, 0.25) is 0 Å². The molecule has 2 aromatic rings. The van der Waals surface area contributed by atoms with E-state index in [4.69, 9.17) is 4.74 Å². The summed E-state index contributed by atoms with van der Waals surface area (Å²) in [5, 5.41) is 6.87. The van der Waals surface area contributed by atoms with Crippen molar-refractivity contribution in [2.75, 3.05) is 12.4 Å². The lowest BCUT2D eigenvalue weighted by atomic mass is 10.1. The SMILES string of the molecule is COC(=O)c1c(NC(=O)c2ccc(C)cc2)c(C)nn1C. The molecular formula is C15H17N3O3. The van der Waals surface area contributed by atoms with E-state index in [1.807, 2.05) is 19.1 Å². The molecule has 0 bridgehead atoms. The van der Waals surface area contributed by atoms with Gasteiger partial charge in [-0.15, -0.1) is 0 Å². The van der Waals surface area contributed by atoms with Crippen molar-refractivity contribution in [3.63, 3.8) is 0 Å². The van der Waals surface area contributed by atoms with Gasteiger partial charge in [-0.05, 0) is 26.0 Å². The number of benzene rings is 1. The van der Waals surface area contributed by atoms with Crippen LogP contribution in [0.2, 0.25) is 0 Å². The first-order valence-electron chi connectivity index (χ1n) is 6.44. The summed E-state index contributed by atoms with van der Waals surface area (Å²) >= 11 is 0. The van der Waals surface area contributed by atoms with Gasteiger partial charge < -0.3 is 10.1 Å². The van der Waals surface area contributed by atoms with Gasteiger partial charge in [0.15, 0.2) is 5.69 Å². The van der Waals surface area contributed by atoms with Crippen LogP contribution >= 0.6 is 0 Å². The first kappa shape index (κ1) is 14.8. The predicted octanol–water partition coefficient (Wildman–Crippen LogP) is 2.08. The zero-order chi connectivity index (χ0) is 15.6. The Hall–Kier alpha value is -2.63. The summed E-state index contributed by atoms with van der Waals surface area (Å²) in [4.78, 5) is 24.0. The Morgan fingerprint density at radius 1 is 1.19 bits per heavy atom. The van der Waals surface area contributed by atoms with E-state index in [-0.39, 0.29) is 11.6 Å². The molecule has 2 rings (SSSR count). The molecule has 1 heterocycles. The quantitative estimate of drug-likeness (QED) is 0.877. The minimum atomic E-state index is -0.544. The largest absolute Gasteiger partial charge is 0.464 e. The number of amides is 1. The van der Waals surface area contributed by atoms with E-state index >= 15 is 0 Å². The van der Waals surface area contributed by atoms with E-state index in [0.29, 0.717) is 16.9 Å². The molecule has 0 aliphatic heterocycles. The Balaban J connectivity index is 2.33. The van der Waals surface area contributed by atoms with Gasteiger partial charge in [-0.1, -0.05) is 17.7 Å². The van der Waals surface area contributed by atoms with Crippen LogP contribution in [0.1, 0.15) is 32.1 Å². The highest BCUT2D eigenvalue weighted by Gasteiger charge is 2.22. The smallest absolute Gasteiger partial charge is 0.358 e. The Labute approximate surface area is 122 Å². The molecule has 6 heteroatoms. The van der Waals surface area contributed by atoms with E-state index in [1.165, 1.54) is 11.8 Å². The van der Waals surface area contributed by atoms with Crippen molar-refractivity contribution in [3.05, 3.63) is 46.8 Å². The number of hydrogen-bond acceptors (Lipinski definition) is 4. The number of rotatable bonds is 3. The van der Waals surface area contributed by atoms with Gasteiger partial charge >= 0.3 is 5.97 Å². The third-order valence-corrected chi connectivity index (χ3v) is 3.15. The van der Waals surface area contributed by atoms with Crippen molar-refractivity contribution < 1.29 is 14.3 Å². The predicted molar refractivity (Wildman–Crippen MR) is 78.4 cm³/mol. The number of carbonyl (C=O) groups excluding carboxylic acids is 2. The maximum atomic E-state index is 12.2. The molecule has 1 aromatic carbocycles. The maximum Gasteiger partial charge on any atom is 0.358 e. The van der Waals surface area contributed by atoms with Crippen LogP contribution in [0.3, 0.4) is 0 Å². The molecule has 110 valence electrons. The molecule has 0 saturated carbocycles. The van der Waals surface area contributed by atoms with Crippen molar-refractivity contribution in [1.29, 1.82) is 0 Å². The second-order valence-corrected chi connectivity index (χ2v) is 4.74. The van der Waals surface area contributed by atoms with Crippen molar-refractivity contribution in [2.45, 2.75) is 13.8 Å². The molecule has 0 unspecified atom stereocenters. The zero-order valence-corrected chi connectivity index (χ0v) is 12.4. The Kier molecular flexibility index (Phi) is 4.07. The van der Waals surface area contributed by atoms with E-state index in [1.54, 1.807) is 26.1 Å². The molecule has 21 heavy (non-hydrogen) atoms. The molecule has 0 aliphatic rings. The number of methoxy groups -OCH3 is 1. The lowest BCUT2D eigenvalue weighted by molar-refractivity contribution is 0.0589. The lowest BCUT2D eigenvalue weighted by Crippen LogP contribution is -2.16. The molecule has 1 aromatic heterocycles. The minimum absolute atomic E-state index is 0.218. The number of carbonyl (C=O) groups is 2. The van der Waals surface area contributed by atoms with Crippen LogP contribution in [0.5, 0.6) is 0 Å². The molecule has 6 nitrogen and oxygen atoms in total. The van der Waals surface area contributed by atoms with Crippen LogP contribution < -0.4 is 5.32 Å². The average Bonchev–Trinajstić information content (AvgIpc) is 2.73. The summed E-state index contributed by atoms with van der Waals surface area (Å²) in [5.74, 6) is -0.839. The summed E-state index contributed by atoms with van der Waals surface area (Å²) in [7, 11) is 2.91. The second-order valence-electron chi connectivity index (χ2n) is 4.74. The third-order valence-electron chi connectivity index (χ3n) is 3.15.